The van der Waals surface area contributed by atoms with Crippen LogP contribution in [0.5, 0.6) is 0 Å². The lowest BCUT2D eigenvalue weighted by Crippen LogP contribution is -2.45. The van der Waals surface area contributed by atoms with Gasteiger partial charge in [-0.1, -0.05) is 38.1 Å². The van der Waals surface area contributed by atoms with Crippen molar-refractivity contribution in [1.29, 1.82) is 0 Å². The van der Waals surface area contributed by atoms with Gasteiger partial charge in [-0.25, -0.2) is 8.42 Å². The van der Waals surface area contributed by atoms with Crippen molar-refractivity contribution in [3.8, 4) is 11.4 Å². The Morgan fingerprint density at radius 3 is 2.70 bits per heavy atom. The lowest BCUT2D eigenvalue weighted by atomic mass is 10.1. The highest BCUT2D eigenvalue weighted by Crippen LogP contribution is 2.20. The van der Waals surface area contributed by atoms with Crippen molar-refractivity contribution in [3.05, 3.63) is 29.8 Å². The number of carbonyl (C=O) groups excluding carboxylic acids is 1. The molecule has 0 radical (unpaired) electrons. The molecule has 1 fully saturated rings. The average molecular weight is 391 g/mol. The number of sulfone groups is 1. The van der Waals surface area contributed by atoms with E-state index in [0.717, 1.165) is 11.1 Å². The van der Waals surface area contributed by atoms with Gasteiger partial charge in [-0.15, -0.1) is 10.2 Å². The Morgan fingerprint density at radius 2 is 2.07 bits per heavy atom. The molecule has 1 amide bonds. The zero-order chi connectivity index (χ0) is 19.6. The van der Waals surface area contributed by atoms with Crippen molar-refractivity contribution in [1.82, 2.24) is 25.1 Å². The first-order valence-electron chi connectivity index (χ1n) is 9.09. The second-order valence-corrected chi connectivity index (χ2v) is 9.68. The number of tetrazole rings is 1. The fourth-order valence-electron chi connectivity index (χ4n) is 3.32. The van der Waals surface area contributed by atoms with Crippen LogP contribution in [0.25, 0.3) is 11.4 Å². The maximum Gasteiger partial charge on any atom is 0.246 e. The summed E-state index contributed by atoms with van der Waals surface area (Å²) >= 11 is 0. The van der Waals surface area contributed by atoms with E-state index in [4.69, 9.17) is 0 Å². The maximum absolute atomic E-state index is 12.9. The Balaban J connectivity index is 1.75. The van der Waals surface area contributed by atoms with Gasteiger partial charge in [0.15, 0.2) is 9.84 Å². The lowest BCUT2D eigenvalue weighted by Gasteiger charge is -2.29. The van der Waals surface area contributed by atoms with E-state index >= 15 is 0 Å². The third-order valence-electron chi connectivity index (χ3n) is 4.65. The third-order valence-corrected chi connectivity index (χ3v) is 6.40. The minimum absolute atomic E-state index is 0.0324. The summed E-state index contributed by atoms with van der Waals surface area (Å²) in [4.78, 5) is 15.8. The molecule has 1 atom stereocenters. The molecule has 8 nitrogen and oxygen atoms in total. The molecule has 2 heterocycles. The zero-order valence-corrected chi connectivity index (χ0v) is 16.7. The molecule has 2 aromatic rings. The molecule has 0 saturated carbocycles. The topological polar surface area (TPSA) is 98.0 Å². The van der Waals surface area contributed by atoms with E-state index in [0.29, 0.717) is 18.8 Å². The van der Waals surface area contributed by atoms with Gasteiger partial charge in [-0.3, -0.25) is 4.79 Å². The van der Waals surface area contributed by atoms with Gasteiger partial charge >= 0.3 is 0 Å². The van der Waals surface area contributed by atoms with Crippen LogP contribution in [0.3, 0.4) is 0 Å². The number of nitrogens with zero attached hydrogens (tertiary/aromatic N) is 5. The normalized spacial score (nSPS) is 18.7. The fraction of sp³-hybridized carbons (Fsp3) is 0.556. The predicted molar refractivity (Wildman–Crippen MR) is 102 cm³/mol. The van der Waals surface area contributed by atoms with Gasteiger partial charge < -0.3 is 4.90 Å². The highest BCUT2D eigenvalue weighted by Gasteiger charge is 2.35. The number of amides is 1. The quantitative estimate of drug-likeness (QED) is 0.737. The van der Waals surface area contributed by atoms with Gasteiger partial charge in [0.25, 0.3) is 0 Å². The molecule has 1 aliphatic heterocycles. The SMILES string of the molecule is Cc1ccccc1-c1nnn(CC(=O)N(CC(C)C)[C@H]2CCS(=O)(=O)C2)n1. The second kappa shape index (κ2) is 7.75. The first-order valence-corrected chi connectivity index (χ1v) is 10.9. The van der Waals surface area contributed by atoms with Crippen LogP contribution in [-0.2, 0) is 21.2 Å². The van der Waals surface area contributed by atoms with Gasteiger partial charge in [0, 0.05) is 18.2 Å². The van der Waals surface area contributed by atoms with Crippen LogP contribution in [0.15, 0.2) is 24.3 Å². The van der Waals surface area contributed by atoms with E-state index < -0.39 is 9.84 Å². The molecule has 3 rings (SSSR count). The summed E-state index contributed by atoms with van der Waals surface area (Å²) in [5.74, 6) is 0.700. The molecule has 9 heteroatoms. The molecule has 1 saturated heterocycles. The number of rotatable bonds is 6. The summed E-state index contributed by atoms with van der Waals surface area (Å²) in [5.41, 5.74) is 1.90. The maximum atomic E-state index is 12.9. The molecule has 0 bridgehead atoms. The Labute approximate surface area is 159 Å². The Kier molecular flexibility index (Phi) is 5.59. The van der Waals surface area contributed by atoms with Crippen LogP contribution in [0.1, 0.15) is 25.8 Å². The van der Waals surface area contributed by atoms with E-state index in [1.807, 2.05) is 45.0 Å². The largest absolute Gasteiger partial charge is 0.337 e. The molecule has 0 N–H and O–H groups in total. The molecule has 0 unspecified atom stereocenters. The van der Waals surface area contributed by atoms with Crippen molar-refractivity contribution in [2.45, 2.75) is 39.8 Å². The fourth-order valence-corrected chi connectivity index (χ4v) is 5.05. The molecule has 146 valence electrons. The number of aryl methyl sites for hydroxylation is 1. The summed E-state index contributed by atoms with van der Waals surface area (Å²) < 4.78 is 23.7. The van der Waals surface area contributed by atoms with Crippen LogP contribution >= 0.6 is 0 Å². The van der Waals surface area contributed by atoms with Gasteiger partial charge in [-0.05, 0) is 30.0 Å². The van der Waals surface area contributed by atoms with Crippen LogP contribution < -0.4 is 0 Å². The zero-order valence-electron chi connectivity index (χ0n) is 15.9. The summed E-state index contributed by atoms with van der Waals surface area (Å²) in [6.07, 6.45) is 0.486. The van der Waals surface area contributed by atoms with Crippen molar-refractivity contribution < 1.29 is 13.2 Å². The molecule has 0 aliphatic carbocycles. The summed E-state index contributed by atoms with van der Waals surface area (Å²) in [7, 11) is -3.06. The van der Waals surface area contributed by atoms with Crippen molar-refractivity contribution in [3.63, 3.8) is 0 Å². The minimum Gasteiger partial charge on any atom is -0.337 e. The molecule has 1 aromatic heterocycles. The number of benzene rings is 1. The standard InChI is InChI=1S/C18H25N5O3S/c1-13(2)10-22(15-8-9-27(25,26)12-15)17(24)11-23-20-18(19-21-23)16-7-5-4-6-14(16)3/h4-7,13,15H,8-12H2,1-3H3/t15-/m0/s1. The molecule has 1 aliphatic rings. The minimum atomic E-state index is -3.06. The Bertz CT molecular complexity index is 923. The first-order chi connectivity index (χ1) is 12.7. The van der Waals surface area contributed by atoms with E-state index in [9.17, 15) is 13.2 Å². The summed E-state index contributed by atoms with van der Waals surface area (Å²) in [5, 5.41) is 12.4. The van der Waals surface area contributed by atoms with Gasteiger partial charge in [-0.2, -0.15) is 4.80 Å². The second-order valence-electron chi connectivity index (χ2n) is 7.46. The van der Waals surface area contributed by atoms with Gasteiger partial charge in [0.2, 0.25) is 11.7 Å². The van der Waals surface area contributed by atoms with Crippen LogP contribution in [-0.4, -0.2) is 63.5 Å². The Morgan fingerprint density at radius 1 is 1.33 bits per heavy atom. The predicted octanol–water partition coefficient (Wildman–Crippen LogP) is 1.32. The molecule has 1 aromatic carbocycles. The Hall–Kier alpha value is -2.29. The number of hydrogen-bond acceptors (Lipinski definition) is 6. The summed E-state index contributed by atoms with van der Waals surface area (Å²) in [6.45, 7) is 6.44. The smallest absolute Gasteiger partial charge is 0.246 e. The van der Waals surface area contributed by atoms with Crippen LogP contribution in [0, 0.1) is 12.8 Å². The van der Waals surface area contributed by atoms with E-state index in [1.165, 1.54) is 4.80 Å². The average Bonchev–Trinajstić information content (AvgIpc) is 3.19. The molecule has 0 spiro atoms. The highest BCUT2D eigenvalue weighted by atomic mass is 32.2. The highest BCUT2D eigenvalue weighted by molar-refractivity contribution is 7.91. The third kappa shape index (κ3) is 4.71. The van der Waals surface area contributed by atoms with E-state index in [-0.39, 0.29) is 35.9 Å². The number of aromatic nitrogens is 4. The van der Waals surface area contributed by atoms with Crippen molar-refractivity contribution in [2.75, 3.05) is 18.1 Å². The van der Waals surface area contributed by atoms with E-state index in [1.54, 1.807) is 4.90 Å². The molecular formula is C18H25N5O3S. The number of hydrogen-bond donors (Lipinski definition) is 0. The van der Waals surface area contributed by atoms with Gasteiger partial charge in [0.05, 0.1) is 11.5 Å². The van der Waals surface area contributed by atoms with Gasteiger partial charge in [0.1, 0.15) is 6.54 Å². The van der Waals surface area contributed by atoms with E-state index in [2.05, 4.69) is 15.4 Å². The summed E-state index contributed by atoms with van der Waals surface area (Å²) in [6, 6.07) is 7.44. The molecular weight excluding hydrogens is 366 g/mol. The monoisotopic (exact) mass is 391 g/mol. The first kappa shape index (κ1) is 19.5. The van der Waals surface area contributed by atoms with Crippen LogP contribution in [0.2, 0.25) is 0 Å². The van der Waals surface area contributed by atoms with Crippen molar-refractivity contribution in [2.24, 2.45) is 5.92 Å². The number of carbonyl (C=O) groups is 1. The molecule has 27 heavy (non-hydrogen) atoms. The lowest BCUT2D eigenvalue weighted by molar-refractivity contribution is -0.134. The van der Waals surface area contributed by atoms with Crippen LogP contribution in [0.4, 0.5) is 0 Å². The van der Waals surface area contributed by atoms with Crippen molar-refractivity contribution >= 4 is 15.7 Å².